The summed E-state index contributed by atoms with van der Waals surface area (Å²) >= 11 is 3.39. The quantitative estimate of drug-likeness (QED) is 0.839. The Hall–Kier alpha value is -1.95. The molecule has 1 amide bonds. The number of amides is 1. The SMILES string of the molecule is O=C(c1ccc(F)cc1)N1CCC(Oc2ncccc2Br)C1. The highest BCUT2D eigenvalue weighted by atomic mass is 79.9. The summed E-state index contributed by atoms with van der Waals surface area (Å²) in [6.45, 7) is 1.12. The van der Waals surface area contributed by atoms with Crippen LogP contribution in [-0.4, -0.2) is 35.0 Å². The second-order valence-corrected chi connectivity index (χ2v) is 5.93. The number of carbonyl (C=O) groups is 1. The highest BCUT2D eigenvalue weighted by Gasteiger charge is 2.28. The normalized spacial score (nSPS) is 17.5. The first-order valence-electron chi connectivity index (χ1n) is 6.95. The third kappa shape index (κ3) is 3.27. The zero-order valence-corrected chi connectivity index (χ0v) is 13.3. The molecule has 0 saturated carbocycles. The topological polar surface area (TPSA) is 42.4 Å². The molecule has 1 unspecified atom stereocenters. The molecule has 1 atom stereocenters. The van der Waals surface area contributed by atoms with Gasteiger partial charge in [-0.3, -0.25) is 4.79 Å². The largest absolute Gasteiger partial charge is 0.472 e. The van der Waals surface area contributed by atoms with Crippen LogP contribution in [0.15, 0.2) is 47.1 Å². The van der Waals surface area contributed by atoms with E-state index in [9.17, 15) is 9.18 Å². The Morgan fingerprint density at radius 1 is 1.32 bits per heavy atom. The molecule has 2 aromatic rings. The molecule has 22 heavy (non-hydrogen) atoms. The van der Waals surface area contributed by atoms with Crippen LogP contribution in [0.2, 0.25) is 0 Å². The second-order valence-electron chi connectivity index (χ2n) is 5.08. The molecule has 1 saturated heterocycles. The van der Waals surface area contributed by atoms with Crippen molar-refractivity contribution in [2.75, 3.05) is 13.1 Å². The Morgan fingerprint density at radius 3 is 2.82 bits per heavy atom. The van der Waals surface area contributed by atoms with E-state index in [1.165, 1.54) is 24.3 Å². The molecule has 114 valence electrons. The van der Waals surface area contributed by atoms with Crippen molar-refractivity contribution < 1.29 is 13.9 Å². The van der Waals surface area contributed by atoms with Crippen molar-refractivity contribution in [3.05, 3.63) is 58.4 Å². The first-order valence-corrected chi connectivity index (χ1v) is 7.75. The zero-order chi connectivity index (χ0) is 15.5. The van der Waals surface area contributed by atoms with Gasteiger partial charge in [-0.15, -0.1) is 0 Å². The molecule has 1 aromatic carbocycles. The molecule has 6 heteroatoms. The number of hydrogen-bond donors (Lipinski definition) is 0. The fraction of sp³-hybridized carbons (Fsp3) is 0.250. The first kappa shape index (κ1) is 15.0. The summed E-state index contributed by atoms with van der Waals surface area (Å²) < 4.78 is 19.5. The van der Waals surface area contributed by atoms with Crippen molar-refractivity contribution in [2.45, 2.75) is 12.5 Å². The van der Waals surface area contributed by atoms with Crippen LogP contribution in [0.25, 0.3) is 0 Å². The Labute approximate surface area is 136 Å². The molecule has 0 spiro atoms. The van der Waals surface area contributed by atoms with Gasteiger partial charge in [-0.1, -0.05) is 0 Å². The van der Waals surface area contributed by atoms with Crippen molar-refractivity contribution in [3.8, 4) is 5.88 Å². The van der Waals surface area contributed by atoms with Gasteiger partial charge in [-0.2, -0.15) is 0 Å². The lowest BCUT2D eigenvalue weighted by Gasteiger charge is -2.17. The standard InChI is InChI=1S/C16H14BrFN2O2/c17-14-2-1-8-19-15(14)22-13-7-9-20(10-13)16(21)11-3-5-12(18)6-4-11/h1-6,8,13H,7,9-10H2. The minimum absolute atomic E-state index is 0.0874. The van der Waals surface area contributed by atoms with E-state index in [4.69, 9.17) is 4.74 Å². The fourth-order valence-electron chi connectivity index (χ4n) is 2.40. The molecule has 0 aliphatic carbocycles. The van der Waals surface area contributed by atoms with Crippen molar-refractivity contribution >= 4 is 21.8 Å². The van der Waals surface area contributed by atoms with E-state index in [0.717, 1.165) is 10.9 Å². The number of rotatable bonds is 3. The number of likely N-dealkylation sites (tertiary alicyclic amines) is 1. The molecule has 1 fully saturated rings. The van der Waals surface area contributed by atoms with Crippen LogP contribution in [-0.2, 0) is 0 Å². The van der Waals surface area contributed by atoms with E-state index in [0.29, 0.717) is 24.5 Å². The average molecular weight is 365 g/mol. The maximum Gasteiger partial charge on any atom is 0.253 e. The van der Waals surface area contributed by atoms with E-state index in [1.807, 2.05) is 12.1 Å². The maximum atomic E-state index is 12.9. The highest BCUT2D eigenvalue weighted by molar-refractivity contribution is 9.10. The molecule has 1 aromatic heterocycles. The monoisotopic (exact) mass is 364 g/mol. The highest BCUT2D eigenvalue weighted by Crippen LogP contribution is 2.25. The van der Waals surface area contributed by atoms with Crippen LogP contribution in [0.1, 0.15) is 16.8 Å². The number of ether oxygens (including phenoxy) is 1. The number of nitrogens with zero attached hydrogens (tertiary/aromatic N) is 2. The number of pyridine rings is 1. The summed E-state index contributed by atoms with van der Waals surface area (Å²) in [6.07, 6.45) is 2.32. The van der Waals surface area contributed by atoms with Gasteiger partial charge in [-0.25, -0.2) is 9.37 Å². The molecule has 0 bridgehead atoms. The minimum atomic E-state index is -0.348. The van der Waals surface area contributed by atoms with E-state index < -0.39 is 0 Å². The number of aromatic nitrogens is 1. The summed E-state index contributed by atoms with van der Waals surface area (Å²) in [5, 5.41) is 0. The van der Waals surface area contributed by atoms with Gasteiger partial charge in [0.2, 0.25) is 5.88 Å². The van der Waals surface area contributed by atoms with Crippen molar-refractivity contribution in [1.82, 2.24) is 9.88 Å². The Bertz CT molecular complexity index is 678. The van der Waals surface area contributed by atoms with Crippen LogP contribution in [0, 0.1) is 5.82 Å². The molecule has 3 rings (SSSR count). The third-order valence-electron chi connectivity index (χ3n) is 3.53. The van der Waals surface area contributed by atoms with E-state index in [1.54, 1.807) is 11.1 Å². The second kappa shape index (κ2) is 6.44. The predicted octanol–water partition coefficient (Wildman–Crippen LogP) is 3.28. The molecule has 2 heterocycles. The molecule has 4 nitrogen and oxygen atoms in total. The van der Waals surface area contributed by atoms with Gasteiger partial charge in [0.25, 0.3) is 5.91 Å². The predicted molar refractivity (Wildman–Crippen MR) is 83.3 cm³/mol. The van der Waals surface area contributed by atoms with E-state index in [2.05, 4.69) is 20.9 Å². The maximum absolute atomic E-state index is 12.9. The Morgan fingerprint density at radius 2 is 2.09 bits per heavy atom. The fourth-order valence-corrected chi connectivity index (χ4v) is 2.75. The van der Waals surface area contributed by atoms with Gasteiger partial charge >= 0.3 is 0 Å². The minimum Gasteiger partial charge on any atom is -0.472 e. The molecule has 0 radical (unpaired) electrons. The molecular weight excluding hydrogens is 351 g/mol. The van der Waals surface area contributed by atoms with Crippen LogP contribution in [0.4, 0.5) is 4.39 Å². The van der Waals surface area contributed by atoms with Crippen molar-refractivity contribution in [2.24, 2.45) is 0 Å². The van der Waals surface area contributed by atoms with Crippen molar-refractivity contribution in [3.63, 3.8) is 0 Å². The smallest absolute Gasteiger partial charge is 0.253 e. The Balaban J connectivity index is 1.63. The average Bonchev–Trinajstić information content (AvgIpc) is 2.98. The zero-order valence-electron chi connectivity index (χ0n) is 11.7. The molecule has 1 aliphatic heterocycles. The third-order valence-corrected chi connectivity index (χ3v) is 4.13. The van der Waals surface area contributed by atoms with Crippen LogP contribution < -0.4 is 4.74 Å². The van der Waals surface area contributed by atoms with E-state index >= 15 is 0 Å². The van der Waals surface area contributed by atoms with Gasteiger partial charge in [0, 0.05) is 24.7 Å². The number of carbonyl (C=O) groups excluding carboxylic acids is 1. The van der Waals surface area contributed by atoms with E-state index in [-0.39, 0.29) is 17.8 Å². The first-order chi connectivity index (χ1) is 10.6. The van der Waals surface area contributed by atoms with Crippen LogP contribution >= 0.6 is 15.9 Å². The lowest BCUT2D eigenvalue weighted by Crippen LogP contribution is -2.31. The summed E-state index contributed by atoms with van der Waals surface area (Å²) in [4.78, 5) is 18.2. The Kier molecular flexibility index (Phi) is 4.38. The molecular formula is C16H14BrFN2O2. The molecule has 1 aliphatic rings. The molecule has 0 N–H and O–H groups in total. The lowest BCUT2D eigenvalue weighted by molar-refractivity contribution is 0.0771. The van der Waals surface area contributed by atoms with Gasteiger partial charge in [-0.05, 0) is 52.3 Å². The summed E-state index contributed by atoms with van der Waals surface area (Å²) in [6, 6.07) is 9.27. The van der Waals surface area contributed by atoms with Gasteiger partial charge < -0.3 is 9.64 Å². The van der Waals surface area contributed by atoms with Gasteiger partial charge in [0.05, 0.1) is 11.0 Å². The number of hydrogen-bond acceptors (Lipinski definition) is 3. The van der Waals surface area contributed by atoms with Crippen LogP contribution in [0.5, 0.6) is 5.88 Å². The van der Waals surface area contributed by atoms with Gasteiger partial charge in [0.15, 0.2) is 0 Å². The number of halogens is 2. The summed E-state index contributed by atoms with van der Waals surface area (Å²) in [5.74, 6) is 0.0777. The summed E-state index contributed by atoms with van der Waals surface area (Å²) in [7, 11) is 0. The van der Waals surface area contributed by atoms with Crippen molar-refractivity contribution in [1.29, 1.82) is 0 Å². The summed E-state index contributed by atoms with van der Waals surface area (Å²) in [5.41, 5.74) is 0.487. The lowest BCUT2D eigenvalue weighted by atomic mass is 10.2. The van der Waals surface area contributed by atoms with Gasteiger partial charge in [0.1, 0.15) is 11.9 Å². The number of benzene rings is 1. The van der Waals surface area contributed by atoms with Crippen LogP contribution in [0.3, 0.4) is 0 Å².